The number of carbonyl (C=O) groups excluding carboxylic acids is 2. The fourth-order valence-corrected chi connectivity index (χ4v) is 7.59. The predicted octanol–water partition coefficient (Wildman–Crippen LogP) is 6.71. The molecule has 66 heavy (non-hydrogen) atoms. The quantitative estimate of drug-likeness (QED) is 0.0194. The minimum atomic E-state index is -1.78. The Kier molecular flexibility index (Phi) is 34.6. The van der Waals surface area contributed by atoms with Gasteiger partial charge in [-0.1, -0.05) is 140 Å². The van der Waals surface area contributed by atoms with Gasteiger partial charge in [-0.05, 0) is 64.2 Å². The Hall–Kier alpha value is -2.54. The molecule has 0 saturated carbocycles. The molecule has 0 aromatic heterocycles. The number of unbranched alkanes of at least 4 members (excludes halogenated alkanes) is 16. The molecule has 2 rings (SSSR count). The van der Waals surface area contributed by atoms with Crippen LogP contribution in [-0.4, -0.2) is 142 Å². The van der Waals surface area contributed by atoms with Gasteiger partial charge in [0.15, 0.2) is 18.7 Å². The molecule has 382 valence electrons. The topological polar surface area (TPSA) is 231 Å². The largest absolute Gasteiger partial charge is 0.462 e. The van der Waals surface area contributed by atoms with E-state index in [2.05, 4.69) is 56.4 Å². The van der Waals surface area contributed by atoms with Crippen LogP contribution in [0.25, 0.3) is 0 Å². The number of ether oxygens (including phenoxy) is 6. The van der Waals surface area contributed by atoms with Crippen LogP contribution in [0.5, 0.6) is 0 Å². The highest BCUT2D eigenvalue weighted by Gasteiger charge is 2.47. The molecule has 0 amide bonds. The first-order valence-corrected chi connectivity index (χ1v) is 25.2. The van der Waals surface area contributed by atoms with E-state index < -0.39 is 99.3 Å². The van der Waals surface area contributed by atoms with Crippen molar-refractivity contribution < 1.29 is 73.8 Å². The molecule has 0 aromatic rings. The lowest BCUT2D eigenvalue weighted by Crippen LogP contribution is -2.61. The molecule has 2 saturated heterocycles. The van der Waals surface area contributed by atoms with Crippen molar-refractivity contribution in [3.63, 3.8) is 0 Å². The summed E-state index contributed by atoms with van der Waals surface area (Å²) >= 11 is 0. The number of hydrogen-bond donors (Lipinski definition) is 7. The molecule has 2 heterocycles. The minimum absolute atomic E-state index is 0.0729. The summed E-state index contributed by atoms with van der Waals surface area (Å²) in [7, 11) is 0. The molecule has 4 unspecified atom stereocenters. The first-order valence-electron chi connectivity index (χ1n) is 25.2. The molecule has 2 fully saturated rings. The summed E-state index contributed by atoms with van der Waals surface area (Å²) in [4.78, 5) is 25.7. The zero-order valence-electron chi connectivity index (χ0n) is 40.2. The number of carbonyl (C=O) groups is 2. The molecule has 0 bridgehead atoms. The number of aliphatic hydroxyl groups excluding tert-OH is 7. The van der Waals surface area contributed by atoms with Crippen LogP contribution in [0.3, 0.4) is 0 Å². The van der Waals surface area contributed by atoms with Crippen molar-refractivity contribution in [1.82, 2.24) is 0 Å². The molecule has 0 aromatic carbocycles. The highest BCUT2D eigenvalue weighted by atomic mass is 16.7. The van der Waals surface area contributed by atoms with E-state index in [0.29, 0.717) is 12.8 Å². The van der Waals surface area contributed by atoms with Crippen molar-refractivity contribution in [2.45, 2.75) is 235 Å². The normalized spacial score (nSPS) is 26.6. The summed E-state index contributed by atoms with van der Waals surface area (Å²) in [5.74, 6) is -1.03. The number of esters is 2. The molecule has 15 nitrogen and oxygen atoms in total. The number of aliphatic hydroxyl groups is 7. The van der Waals surface area contributed by atoms with E-state index in [0.717, 1.165) is 44.9 Å². The Morgan fingerprint density at radius 2 is 0.939 bits per heavy atom. The first-order chi connectivity index (χ1) is 32.0. The van der Waals surface area contributed by atoms with Gasteiger partial charge in [0, 0.05) is 12.8 Å². The van der Waals surface area contributed by atoms with Crippen molar-refractivity contribution >= 4 is 11.9 Å². The molecular weight excluding hydrogens is 853 g/mol. The third-order valence-electron chi connectivity index (χ3n) is 11.8. The van der Waals surface area contributed by atoms with E-state index >= 15 is 0 Å². The molecular formula is C51H88O15. The van der Waals surface area contributed by atoms with Crippen molar-refractivity contribution in [2.75, 3.05) is 26.4 Å². The van der Waals surface area contributed by atoms with Gasteiger partial charge >= 0.3 is 11.9 Å². The summed E-state index contributed by atoms with van der Waals surface area (Å²) in [5.41, 5.74) is 0. The lowest BCUT2D eigenvalue weighted by molar-refractivity contribution is -0.332. The van der Waals surface area contributed by atoms with Gasteiger partial charge in [-0.25, -0.2) is 0 Å². The summed E-state index contributed by atoms with van der Waals surface area (Å²) in [6.07, 6.45) is 24.4. The standard InChI is InChI=1S/C51H88O15/c1-3-5-7-9-11-13-15-17-19-21-23-25-27-29-31-33-42(53)61-36-39(64-43(54)34-32-30-28-26-24-22-20-18-16-14-12-10-8-6-4-2)37-62-50-49(60)47(58)45(56)41(66-50)38-63-51-48(59)46(57)44(55)40(35-52)65-51/h11,13,17,19,23,25,28,30,39-41,44-52,55-60H,3-10,12,14-16,18,20-22,24,26-27,29,31-38H2,1-2H3/b13-11+,19-17+,25-23+,30-28+/t39-,40-,41-,44+,45+,46?,47?,48?,49?,50-,51-/m1/s1. The van der Waals surface area contributed by atoms with Crippen LogP contribution in [0.2, 0.25) is 0 Å². The van der Waals surface area contributed by atoms with Crippen LogP contribution in [-0.2, 0) is 38.0 Å². The van der Waals surface area contributed by atoms with Crippen LogP contribution in [0.1, 0.15) is 168 Å². The molecule has 11 atom stereocenters. The van der Waals surface area contributed by atoms with E-state index in [1.54, 1.807) is 0 Å². The summed E-state index contributed by atoms with van der Waals surface area (Å²) in [6, 6.07) is 0. The van der Waals surface area contributed by atoms with Crippen LogP contribution in [0, 0.1) is 0 Å². The smallest absolute Gasteiger partial charge is 0.306 e. The van der Waals surface area contributed by atoms with Crippen LogP contribution < -0.4 is 0 Å². The van der Waals surface area contributed by atoms with Gasteiger partial charge < -0.3 is 64.2 Å². The molecule has 2 aliphatic rings. The van der Waals surface area contributed by atoms with Gasteiger partial charge in [0.05, 0.1) is 19.8 Å². The van der Waals surface area contributed by atoms with E-state index in [1.807, 2.05) is 6.08 Å². The summed E-state index contributed by atoms with van der Waals surface area (Å²) in [5, 5.41) is 72.0. The van der Waals surface area contributed by atoms with Gasteiger partial charge in [0.1, 0.15) is 55.4 Å². The van der Waals surface area contributed by atoms with Gasteiger partial charge in [0.2, 0.25) is 0 Å². The zero-order chi connectivity index (χ0) is 48.2. The number of allylic oxidation sites excluding steroid dienone is 8. The highest BCUT2D eigenvalue weighted by molar-refractivity contribution is 5.70. The van der Waals surface area contributed by atoms with Gasteiger partial charge in [0.25, 0.3) is 0 Å². The Balaban J connectivity index is 1.85. The molecule has 15 heteroatoms. The second-order valence-electron chi connectivity index (χ2n) is 17.6. The number of rotatable bonds is 38. The molecule has 0 aliphatic carbocycles. The van der Waals surface area contributed by atoms with E-state index in [-0.39, 0.29) is 19.4 Å². The lowest BCUT2D eigenvalue weighted by Gasteiger charge is -2.42. The maximum atomic E-state index is 13.0. The third-order valence-corrected chi connectivity index (χ3v) is 11.8. The fourth-order valence-electron chi connectivity index (χ4n) is 7.59. The highest BCUT2D eigenvalue weighted by Crippen LogP contribution is 2.26. The maximum Gasteiger partial charge on any atom is 0.306 e. The average Bonchev–Trinajstić information content (AvgIpc) is 3.31. The zero-order valence-corrected chi connectivity index (χ0v) is 40.2. The van der Waals surface area contributed by atoms with Crippen LogP contribution in [0.15, 0.2) is 48.6 Å². The Morgan fingerprint density at radius 1 is 0.485 bits per heavy atom. The SMILES string of the molecule is CCCCC/C=C/C/C=C/C/C=C/CCCCC(=O)OC[C@H](CO[C@@H]1O[C@H](CO[C@@H]2O[C@H](CO)[C@H](O)C(O)C2O)[C@H](O)C(O)C1O)OC(=O)CC/C=C/CCCCCCCCCCCCC. The molecule has 7 N–H and O–H groups in total. The van der Waals surface area contributed by atoms with Crippen molar-refractivity contribution in [2.24, 2.45) is 0 Å². The molecule has 2 aliphatic heterocycles. The monoisotopic (exact) mass is 941 g/mol. The van der Waals surface area contributed by atoms with Gasteiger partial charge in [-0.3, -0.25) is 9.59 Å². The minimum Gasteiger partial charge on any atom is -0.462 e. The van der Waals surface area contributed by atoms with Crippen LogP contribution >= 0.6 is 0 Å². The van der Waals surface area contributed by atoms with Crippen molar-refractivity contribution in [1.29, 1.82) is 0 Å². The number of hydrogen-bond acceptors (Lipinski definition) is 15. The Bertz CT molecular complexity index is 1340. The van der Waals surface area contributed by atoms with Crippen LogP contribution in [0.4, 0.5) is 0 Å². The Labute approximate surface area is 395 Å². The van der Waals surface area contributed by atoms with E-state index in [1.165, 1.54) is 83.5 Å². The summed E-state index contributed by atoms with van der Waals surface area (Å²) < 4.78 is 33.4. The van der Waals surface area contributed by atoms with E-state index in [4.69, 9.17) is 28.4 Å². The molecule has 0 spiro atoms. The van der Waals surface area contributed by atoms with Crippen molar-refractivity contribution in [3.05, 3.63) is 48.6 Å². The van der Waals surface area contributed by atoms with Gasteiger partial charge in [-0.2, -0.15) is 0 Å². The van der Waals surface area contributed by atoms with Gasteiger partial charge in [-0.15, -0.1) is 0 Å². The summed E-state index contributed by atoms with van der Waals surface area (Å²) in [6.45, 7) is 2.47. The van der Waals surface area contributed by atoms with E-state index in [9.17, 15) is 45.3 Å². The second kappa shape index (κ2) is 38.3. The first kappa shape index (κ1) is 59.6. The average molecular weight is 941 g/mol. The second-order valence-corrected chi connectivity index (χ2v) is 17.6. The predicted molar refractivity (Wildman–Crippen MR) is 252 cm³/mol. The third kappa shape index (κ3) is 26.3. The lowest BCUT2D eigenvalue weighted by atomic mass is 9.98. The maximum absolute atomic E-state index is 13.0. The fraction of sp³-hybridized carbons (Fsp3) is 0.804. The van der Waals surface area contributed by atoms with Crippen molar-refractivity contribution in [3.8, 4) is 0 Å². The Morgan fingerprint density at radius 3 is 1.53 bits per heavy atom. The molecule has 0 radical (unpaired) electrons.